The van der Waals surface area contributed by atoms with E-state index in [-0.39, 0.29) is 18.6 Å². The molecular weight excluding hydrogens is 468 g/mol. The first-order chi connectivity index (χ1) is 16.8. The van der Waals surface area contributed by atoms with Gasteiger partial charge in [0.1, 0.15) is 30.2 Å². The van der Waals surface area contributed by atoms with Gasteiger partial charge in [-0.3, -0.25) is 9.00 Å². The molecule has 2 heterocycles. The van der Waals surface area contributed by atoms with Gasteiger partial charge in [0.05, 0.1) is 47.4 Å². The standard InChI is InChI=1S/C25H30N4O5S/c1-5-27(2)23-17-21(18-7-6-8-20(15-18)33-3)26-28(25(23)30)22-16-19(9-10-24(22)35(4)32)29(31)11-13-34-14-12-29/h6-10,15-17H,5,11-14H2,1-4H3. The van der Waals surface area contributed by atoms with E-state index < -0.39 is 15.4 Å². The summed E-state index contributed by atoms with van der Waals surface area (Å²) < 4.78 is 24.1. The predicted molar refractivity (Wildman–Crippen MR) is 139 cm³/mol. The van der Waals surface area contributed by atoms with E-state index in [1.54, 1.807) is 37.6 Å². The molecule has 1 aliphatic heterocycles. The molecule has 0 spiro atoms. The average molecular weight is 499 g/mol. The van der Waals surface area contributed by atoms with E-state index in [1.165, 1.54) is 4.68 Å². The van der Waals surface area contributed by atoms with E-state index in [9.17, 15) is 14.2 Å². The van der Waals surface area contributed by atoms with Gasteiger partial charge in [-0.25, -0.2) is 0 Å². The molecule has 0 amide bonds. The number of methoxy groups -OCH3 is 1. The molecule has 3 aromatic rings. The molecule has 186 valence electrons. The second-order valence-corrected chi connectivity index (χ2v) is 9.78. The zero-order chi connectivity index (χ0) is 25.2. The van der Waals surface area contributed by atoms with Crippen LogP contribution in [0.15, 0.2) is 58.2 Å². The number of benzene rings is 2. The van der Waals surface area contributed by atoms with Crippen LogP contribution >= 0.6 is 0 Å². The second-order valence-electron chi connectivity index (χ2n) is 8.43. The van der Waals surface area contributed by atoms with Crippen molar-refractivity contribution in [3.63, 3.8) is 0 Å². The molecule has 1 aromatic heterocycles. The van der Waals surface area contributed by atoms with E-state index in [4.69, 9.17) is 9.47 Å². The van der Waals surface area contributed by atoms with Crippen molar-refractivity contribution in [2.24, 2.45) is 0 Å². The van der Waals surface area contributed by atoms with Crippen LogP contribution in [0.1, 0.15) is 6.92 Å². The van der Waals surface area contributed by atoms with Gasteiger partial charge in [-0.15, -0.1) is 0 Å². The summed E-state index contributed by atoms with van der Waals surface area (Å²) >= 11 is 0. The monoisotopic (exact) mass is 498 g/mol. The van der Waals surface area contributed by atoms with Crippen LogP contribution in [-0.4, -0.2) is 67.3 Å². The Balaban J connectivity index is 1.98. The third-order valence-corrected chi connectivity index (χ3v) is 7.25. The molecule has 0 N–H and O–H groups in total. The Bertz CT molecular complexity index is 1300. The third kappa shape index (κ3) is 5.01. The first-order valence-corrected chi connectivity index (χ1v) is 13.0. The molecule has 2 aromatic carbocycles. The smallest absolute Gasteiger partial charge is 0.295 e. The maximum Gasteiger partial charge on any atom is 0.295 e. The van der Waals surface area contributed by atoms with Gasteiger partial charge in [0.25, 0.3) is 5.56 Å². The average Bonchev–Trinajstić information content (AvgIpc) is 2.88. The third-order valence-electron chi connectivity index (χ3n) is 6.29. The van der Waals surface area contributed by atoms with Crippen molar-refractivity contribution in [3.8, 4) is 22.7 Å². The molecule has 0 radical (unpaired) electrons. The number of anilines is 1. The molecule has 0 aliphatic carbocycles. The highest BCUT2D eigenvalue weighted by Gasteiger charge is 2.27. The highest BCUT2D eigenvalue weighted by molar-refractivity contribution is 7.84. The van der Waals surface area contributed by atoms with E-state index in [0.29, 0.717) is 53.2 Å². The van der Waals surface area contributed by atoms with Crippen molar-refractivity contribution >= 4 is 22.2 Å². The van der Waals surface area contributed by atoms with Gasteiger partial charge in [0, 0.05) is 37.5 Å². The molecule has 0 saturated carbocycles. The van der Waals surface area contributed by atoms with Gasteiger partial charge in [-0.2, -0.15) is 9.78 Å². The van der Waals surface area contributed by atoms with Crippen LogP contribution in [0.3, 0.4) is 0 Å². The number of nitrogens with zero attached hydrogens (tertiary/aromatic N) is 4. The number of hydrogen-bond acceptors (Lipinski definition) is 7. The Morgan fingerprint density at radius 1 is 1.20 bits per heavy atom. The maximum absolute atomic E-state index is 13.7. The Morgan fingerprint density at radius 3 is 2.60 bits per heavy atom. The van der Waals surface area contributed by atoms with Crippen molar-refractivity contribution in [1.29, 1.82) is 0 Å². The molecule has 1 unspecified atom stereocenters. The summed E-state index contributed by atoms with van der Waals surface area (Å²) in [6.07, 6.45) is 1.55. The van der Waals surface area contributed by atoms with Crippen molar-refractivity contribution in [3.05, 3.63) is 64.1 Å². The maximum atomic E-state index is 13.7. The second kappa shape index (κ2) is 10.3. The predicted octanol–water partition coefficient (Wildman–Crippen LogP) is 2.94. The highest BCUT2D eigenvalue weighted by Crippen LogP contribution is 2.30. The molecular formula is C25H30N4O5S. The number of hydroxylamine groups is 2. The van der Waals surface area contributed by atoms with Crippen molar-refractivity contribution < 1.29 is 13.7 Å². The summed E-state index contributed by atoms with van der Waals surface area (Å²) in [5.74, 6) is 0.662. The summed E-state index contributed by atoms with van der Waals surface area (Å²) in [7, 11) is 2.00. The lowest BCUT2D eigenvalue weighted by Crippen LogP contribution is -2.51. The zero-order valence-electron chi connectivity index (χ0n) is 20.4. The minimum Gasteiger partial charge on any atom is -0.627 e. The number of quaternary nitrogens is 1. The quantitative estimate of drug-likeness (QED) is 0.365. The van der Waals surface area contributed by atoms with Gasteiger partial charge in [-0.05, 0) is 31.2 Å². The largest absolute Gasteiger partial charge is 0.627 e. The SMILES string of the molecule is CCN(C)c1cc(-c2cccc(OC)c2)nn(-c2cc([N+]3([O-])CCOCC3)ccc2S(C)=O)c1=O. The van der Waals surface area contributed by atoms with Gasteiger partial charge in [0.15, 0.2) is 0 Å². The Morgan fingerprint density at radius 2 is 1.94 bits per heavy atom. The lowest BCUT2D eigenvalue weighted by molar-refractivity contribution is 0.0615. The van der Waals surface area contributed by atoms with Gasteiger partial charge in [-0.1, -0.05) is 12.1 Å². The number of rotatable bonds is 7. The Labute approximate surface area is 207 Å². The van der Waals surface area contributed by atoms with Crippen LogP contribution in [0.5, 0.6) is 5.75 Å². The fourth-order valence-corrected chi connectivity index (χ4v) is 4.78. The molecule has 0 bridgehead atoms. The first kappa shape index (κ1) is 25.1. The summed E-state index contributed by atoms with van der Waals surface area (Å²) in [4.78, 5) is 15.9. The van der Waals surface area contributed by atoms with Gasteiger partial charge >= 0.3 is 0 Å². The normalized spacial score (nSPS) is 16.0. The summed E-state index contributed by atoms with van der Waals surface area (Å²) in [6, 6.07) is 14.1. The molecule has 4 rings (SSSR count). The van der Waals surface area contributed by atoms with Crippen LogP contribution < -0.4 is 19.8 Å². The zero-order valence-corrected chi connectivity index (χ0v) is 21.2. The van der Waals surface area contributed by atoms with Gasteiger partial charge in [0.2, 0.25) is 0 Å². The lowest BCUT2D eigenvalue weighted by Gasteiger charge is -2.44. The molecule has 1 fully saturated rings. The fourth-order valence-electron chi connectivity index (χ4n) is 4.08. The first-order valence-electron chi connectivity index (χ1n) is 11.4. The molecule has 1 aliphatic rings. The number of morpholine rings is 1. The molecule has 9 nitrogen and oxygen atoms in total. The van der Waals surface area contributed by atoms with Crippen LogP contribution in [0.2, 0.25) is 0 Å². The number of hydrogen-bond donors (Lipinski definition) is 0. The van der Waals surface area contributed by atoms with Crippen molar-refractivity contribution in [1.82, 2.24) is 14.4 Å². The molecule has 1 saturated heterocycles. The fraction of sp³-hybridized carbons (Fsp3) is 0.360. The van der Waals surface area contributed by atoms with E-state index in [1.807, 2.05) is 43.1 Å². The van der Waals surface area contributed by atoms with Crippen molar-refractivity contribution in [2.45, 2.75) is 11.8 Å². The van der Waals surface area contributed by atoms with Crippen LogP contribution in [0.4, 0.5) is 11.4 Å². The number of ether oxygens (including phenoxy) is 2. The van der Waals surface area contributed by atoms with Crippen molar-refractivity contribution in [2.75, 3.05) is 58.2 Å². The molecule has 35 heavy (non-hydrogen) atoms. The summed E-state index contributed by atoms with van der Waals surface area (Å²) in [6.45, 7) is 3.80. The van der Waals surface area contributed by atoms with E-state index >= 15 is 0 Å². The van der Waals surface area contributed by atoms with Crippen LogP contribution in [0.25, 0.3) is 16.9 Å². The topological polar surface area (TPSA) is 96.7 Å². The summed E-state index contributed by atoms with van der Waals surface area (Å²) in [5, 5.41) is 18.2. The lowest BCUT2D eigenvalue weighted by atomic mass is 10.1. The van der Waals surface area contributed by atoms with E-state index in [2.05, 4.69) is 5.10 Å². The molecule has 1 atom stereocenters. The minimum absolute atomic E-state index is 0.268. The number of aromatic nitrogens is 2. The molecule has 10 heteroatoms. The minimum atomic E-state index is -1.42. The van der Waals surface area contributed by atoms with E-state index in [0.717, 1.165) is 5.56 Å². The highest BCUT2D eigenvalue weighted by atomic mass is 32.2. The van der Waals surface area contributed by atoms with Crippen LogP contribution in [-0.2, 0) is 15.5 Å². The summed E-state index contributed by atoms with van der Waals surface area (Å²) in [5.41, 5.74) is 2.21. The van der Waals surface area contributed by atoms with Crippen LogP contribution in [0, 0.1) is 5.21 Å². The Hall–Kier alpha value is -3.05. The van der Waals surface area contributed by atoms with Gasteiger partial charge < -0.3 is 24.2 Å². The Kier molecular flexibility index (Phi) is 7.36.